The van der Waals surface area contributed by atoms with Crippen molar-refractivity contribution >= 4 is 11.8 Å². The number of allylic oxidation sites excluding steroid dienone is 5. The minimum absolute atomic E-state index is 0.255. The molecule has 0 bridgehead atoms. The first kappa shape index (κ1) is 26.6. The molecule has 2 unspecified atom stereocenters. The molecule has 0 rings (SSSR count). The smallest absolute Gasteiger partial charge is 0.0645 e. The normalized spacial score (nSPS) is 14.2. The Hall–Kier alpha value is -1.35. The Morgan fingerprint density at radius 1 is 1.00 bits per heavy atom. The Morgan fingerprint density at radius 2 is 1.61 bits per heavy atom. The van der Waals surface area contributed by atoms with E-state index in [-0.39, 0.29) is 6.04 Å². The van der Waals surface area contributed by atoms with Crippen LogP contribution in [0.2, 0.25) is 0 Å². The van der Waals surface area contributed by atoms with Crippen molar-refractivity contribution in [1.82, 2.24) is 10.6 Å². The lowest BCUT2D eigenvalue weighted by Crippen LogP contribution is -2.37. The van der Waals surface area contributed by atoms with E-state index in [1.165, 1.54) is 23.1 Å². The van der Waals surface area contributed by atoms with Gasteiger partial charge in [0, 0.05) is 23.2 Å². The van der Waals surface area contributed by atoms with Crippen LogP contribution in [0.15, 0.2) is 60.0 Å². The molecule has 0 saturated carbocycles. The van der Waals surface area contributed by atoms with E-state index >= 15 is 0 Å². The molecular formula is C25H44N2S. The van der Waals surface area contributed by atoms with Gasteiger partial charge in [-0.1, -0.05) is 55.0 Å². The number of thioether (sulfide) groups is 1. The first-order valence-electron chi connectivity index (χ1n) is 10.6. The lowest BCUT2D eigenvalue weighted by Gasteiger charge is -2.23. The fraction of sp³-hybridized carbons (Fsp3) is 0.600. The second-order valence-corrected chi connectivity index (χ2v) is 8.97. The zero-order chi connectivity index (χ0) is 21.4. The van der Waals surface area contributed by atoms with Crippen LogP contribution in [0.3, 0.4) is 0 Å². The highest BCUT2D eigenvalue weighted by atomic mass is 32.2. The van der Waals surface area contributed by atoms with E-state index < -0.39 is 0 Å². The lowest BCUT2D eigenvalue weighted by molar-refractivity contribution is 0.559. The van der Waals surface area contributed by atoms with Gasteiger partial charge in [0.2, 0.25) is 0 Å². The molecule has 2 atom stereocenters. The quantitative estimate of drug-likeness (QED) is 0.211. The van der Waals surface area contributed by atoms with Crippen molar-refractivity contribution in [3.63, 3.8) is 0 Å². The standard InChI is InChI=1S/C25H44N2S/c1-9-25(26-10-2)24(8)27-23(7)19-28-18-17-22(6)16-12-15-21(5)14-11-13-20(3)4/h10,13,15,17,23,25-27H,2,8-9,11-12,14,16,18-19H2,1,3-7H3/b21-15+,22-17+. The van der Waals surface area contributed by atoms with Crippen LogP contribution < -0.4 is 10.6 Å². The van der Waals surface area contributed by atoms with Crippen LogP contribution >= 0.6 is 11.8 Å². The Labute approximate surface area is 179 Å². The molecule has 0 aromatic carbocycles. The van der Waals surface area contributed by atoms with Gasteiger partial charge < -0.3 is 10.6 Å². The highest BCUT2D eigenvalue weighted by Gasteiger charge is 2.10. The fourth-order valence-electron chi connectivity index (χ4n) is 2.85. The lowest BCUT2D eigenvalue weighted by atomic mass is 10.1. The molecule has 0 heterocycles. The van der Waals surface area contributed by atoms with Gasteiger partial charge in [-0.3, -0.25) is 0 Å². The molecule has 0 spiro atoms. The summed E-state index contributed by atoms with van der Waals surface area (Å²) in [4.78, 5) is 0. The Bertz CT molecular complexity index is 539. The van der Waals surface area contributed by atoms with Gasteiger partial charge in [0.05, 0.1) is 6.04 Å². The largest absolute Gasteiger partial charge is 0.384 e. The van der Waals surface area contributed by atoms with Gasteiger partial charge >= 0.3 is 0 Å². The third-order valence-electron chi connectivity index (χ3n) is 4.62. The number of hydrogen-bond acceptors (Lipinski definition) is 3. The van der Waals surface area contributed by atoms with Gasteiger partial charge in [-0.15, -0.1) is 0 Å². The second kappa shape index (κ2) is 16.6. The van der Waals surface area contributed by atoms with Crippen molar-refractivity contribution in [1.29, 1.82) is 0 Å². The molecule has 0 aliphatic carbocycles. The van der Waals surface area contributed by atoms with E-state index in [9.17, 15) is 0 Å². The summed E-state index contributed by atoms with van der Waals surface area (Å²) in [6.45, 7) is 21.1. The molecule has 160 valence electrons. The SMILES string of the molecule is C=CNC(CC)C(=C)NC(C)CSC/C=C(\C)CC/C=C(\C)CCC=C(C)C. The van der Waals surface area contributed by atoms with Crippen molar-refractivity contribution in [2.24, 2.45) is 0 Å². The average Bonchev–Trinajstić information content (AvgIpc) is 2.62. The molecule has 3 heteroatoms. The summed E-state index contributed by atoms with van der Waals surface area (Å²) in [6, 6.07) is 0.670. The van der Waals surface area contributed by atoms with Crippen LogP contribution in [0.4, 0.5) is 0 Å². The Morgan fingerprint density at radius 3 is 2.18 bits per heavy atom. The molecular weight excluding hydrogens is 360 g/mol. The summed E-state index contributed by atoms with van der Waals surface area (Å²) in [5.74, 6) is 2.16. The molecule has 2 N–H and O–H groups in total. The highest BCUT2D eigenvalue weighted by Crippen LogP contribution is 2.13. The van der Waals surface area contributed by atoms with E-state index in [1.54, 1.807) is 6.20 Å². The van der Waals surface area contributed by atoms with Crippen molar-refractivity contribution in [2.45, 2.75) is 85.7 Å². The van der Waals surface area contributed by atoms with Crippen molar-refractivity contribution in [3.8, 4) is 0 Å². The monoisotopic (exact) mass is 404 g/mol. The Balaban J connectivity index is 4.03. The van der Waals surface area contributed by atoms with Crippen LogP contribution in [0.1, 0.15) is 73.6 Å². The molecule has 0 saturated heterocycles. The van der Waals surface area contributed by atoms with Crippen LogP contribution in [-0.4, -0.2) is 23.6 Å². The third kappa shape index (κ3) is 14.7. The summed E-state index contributed by atoms with van der Waals surface area (Å²) in [5, 5.41) is 6.76. The topological polar surface area (TPSA) is 24.1 Å². The first-order chi connectivity index (χ1) is 13.3. The zero-order valence-corrected chi connectivity index (χ0v) is 20.1. The van der Waals surface area contributed by atoms with Gasteiger partial charge in [0.1, 0.15) is 0 Å². The maximum absolute atomic E-state index is 4.16. The van der Waals surface area contributed by atoms with E-state index in [0.29, 0.717) is 6.04 Å². The number of hydrogen-bond donors (Lipinski definition) is 2. The summed E-state index contributed by atoms with van der Waals surface area (Å²) in [5.41, 5.74) is 5.47. The summed E-state index contributed by atoms with van der Waals surface area (Å²) < 4.78 is 0. The molecule has 0 aromatic rings. The van der Waals surface area contributed by atoms with Crippen LogP contribution in [0.25, 0.3) is 0 Å². The molecule has 28 heavy (non-hydrogen) atoms. The van der Waals surface area contributed by atoms with Gasteiger partial charge in [-0.05, 0) is 72.9 Å². The predicted octanol–water partition coefficient (Wildman–Crippen LogP) is 7.14. The zero-order valence-electron chi connectivity index (χ0n) is 19.2. The van der Waals surface area contributed by atoms with Crippen molar-refractivity contribution < 1.29 is 0 Å². The van der Waals surface area contributed by atoms with Crippen LogP contribution in [-0.2, 0) is 0 Å². The summed E-state index contributed by atoms with van der Waals surface area (Å²) >= 11 is 1.98. The van der Waals surface area contributed by atoms with Crippen LogP contribution in [0, 0.1) is 0 Å². The van der Waals surface area contributed by atoms with E-state index in [1.807, 2.05) is 11.8 Å². The molecule has 0 aliphatic heterocycles. The first-order valence-corrected chi connectivity index (χ1v) is 11.8. The molecule has 0 fully saturated rings. The maximum atomic E-state index is 4.16. The van der Waals surface area contributed by atoms with E-state index in [0.717, 1.165) is 42.9 Å². The second-order valence-electron chi connectivity index (χ2n) is 7.90. The van der Waals surface area contributed by atoms with Crippen molar-refractivity contribution in [3.05, 3.63) is 60.0 Å². The van der Waals surface area contributed by atoms with Crippen molar-refractivity contribution in [2.75, 3.05) is 11.5 Å². The molecule has 0 aromatic heterocycles. The fourth-order valence-corrected chi connectivity index (χ4v) is 3.83. The summed E-state index contributed by atoms with van der Waals surface area (Å²) in [7, 11) is 0. The molecule has 2 nitrogen and oxygen atoms in total. The highest BCUT2D eigenvalue weighted by molar-refractivity contribution is 7.99. The van der Waals surface area contributed by atoms with E-state index in [2.05, 4.69) is 83.6 Å². The third-order valence-corrected chi connectivity index (χ3v) is 5.76. The molecule has 0 aliphatic rings. The maximum Gasteiger partial charge on any atom is 0.0645 e. The minimum Gasteiger partial charge on any atom is -0.384 e. The van der Waals surface area contributed by atoms with E-state index in [4.69, 9.17) is 0 Å². The molecule has 0 radical (unpaired) electrons. The number of rotatable bonds is 16. The minimum atomic E-state index is 0.255. The Kier molecular flexibility index (Phi) is 15.8. The molecule has 0 amide bonds. The van der Waals surface area contributed by atoms with Gasteiger partial charge in [0.25, 0.3) is 0 Å². The van der Waals surface area contributed by atoms with Gasteiger partial charge in [0.15, 0.2) is 0 Å². The van der Waals surface area contributed by atoms with Crippen LogP contribution in [0.5, 0.6) is 0 Å². The summed E-state index contributed by atoms with van der Waals surface area (Å²) in [6.07, 6.45) is 14.5. The number of nitrogens with one attached hydrogen (secondary N) is 2. The average molecular weight is 405 g/mol. The predicted molar refractivity (Wildman–Crippen MR) is 132 cm³/mol. The van der Waals surface area contributed by atoms with Gasteiger partial charge in [-0.25, -0.2) is 0 Å². The van der Waals surface area contributed by atoms with Gasteiger partial charge in [-0.2, -0.15) is 11.8 Å².